The molecule has 3 aliphatic heterocycles. The number of amides is 5. The van der Waals surface area contributed by atoms with Gasteiger partial charge >= 0.3 is 6.29 Å². The fourth-order valence-corrected chi connectivity index (χ4v) is 8.84. The highest BCUT2D eigenvalue weighted by atomic mass is 19.3. The lowest BCUT2D eigenvalue weighted by Gasteiger charge is -2.57. The Balaban J connectivity index is 0.893. The number of fused-ring (bicyclic) bond motifs is 3. The lowest BCUT2D eigenvalue weighted by Crippen LogP contribution is -2.56. The lowest BCUT2D eigenvalue weighted by molar-refractivity contribution is -0.286. The van der Waals surface area contributed by atoms with E-state index < -0.39 is 42.0 Å². The normalized spacial score (nSPS) is 25.5. The van der Waals surface area contributed by atoms with Crippen molar-refractivity contribution < 1.29 is 47.3 Å². The zero-order valence-corrected chi connectivity index (χ0v) is 28.8. The summed E-state index contributed by atoms with van der Waals surface area (Å²) in [5, 5.41) is 20.8. The molecule has 3 aromatic carbocycles. The molecule has 13 nitrogen and oxygen atoms in total. The summed E-state index contributed by atoms with van der Waals surface area (Å²) in [6, 6.07) is 12.5. The summed E-state index contributed by atoms with van der Waals surface area (Å²) in [7, 11) is 0. The second-order valence-corrected chi connectivity index (χ2v) is 14.9. The second-order valence-electron chi connectivity index (χ2n) is 14.9. The van der Waals surface area contributed by atoms with Crippen molar-refractivity contribution in [2.24, 2.45) is 11.3 Å². The van der Waals surface area contributed by atoms with E-state index in [0.717, 1.165) is 28.7 Å². The van der Waals surface area contributed by atoms with Gasteiger partial charge < -0.3 is 25.2 Å². The van der Waals surface area contributed by atoms with E-state index in [2.05, 4.69) is 25.7 Å². The SMILES string of the molecule is Cc1cc(C(NC(=O)C2CC3(CC(Nc4cccc5c4C(=O)N(C4CCC(=O)NC4=O)C5=O)C3)C2)c2ccc3c(c2)OC(F)(F)O3)c(O)c2ncccc12. The Morgan fingerprint density at radius 1 is 1.00 bits per heavy atom. The van der Waals surface area contributed by atoms with Crippen LogP contribution in [-0.4, -0.2) is 62.9 Å². The number of imide groups is 2. The highest BCUT2D eigenvalue weighted by molar-refractivity contribution is 6.25. The number of nitrogens with zero attached hydrogens (tertiary/aromatic N) is 2. The first-order valence-electron chi connectivity index (χ1n) is 17.7. The number of carbonyl (C=O) groups is 5. The van der Waals surface area contributed by atoms with Crippen molar-refractivity contribution in [1.29, 1.82) is 0 Å². The molecule has 0 bridgehead atoms. The molecule has 5 amide bonds. The summed E-state index contributed by atoms with van der Waals surface area (Å²) in [4.78, 5) is 70.1. The van der Waals surface area contributed by atoms with Crippen molar-refractivity contribution in [3.8, 4) is 17.2 Å². The number of phenols is 1. The van der Waals surface area contributed by atoms with Crippen LogP contribution in [0.5, 0.6) is 17.2 Å². The fraction of sp³-hybridized carbons (Fsp3) is 0.333. The number of aromatic nitrogens is 1. The Labute approximate surface area is 306 Å². The molecule has 276 valence electrons. The molecule has 1 spiro atoms. The molecule has 5 aliphatic rings. The van der Waals surface area contributed by atoms with E-state index in [1.54, 1.807) is 42.6 Å². The maximum Gasteiger partial charge on any atom is 0.586 e. The highest BCUT2D eigenvalue weighted by Gasteiger charge is 2.55. The standard InChI is InChI=1S/C39H33F2N5O8/c1-18-12-24(33(48)32-22(18)5-3-11-42-32)31(19-7-9-27-28(13-19)54-39(40,41)53-27)45-34(49)20-14-38(15-20)16-21(17-38)43-25-6-2-4-23-30(25)37(52)46(36(23)51)26-8-10-29(47)44-35(26)50/h2-7,9,11-13,20-21,26,31,43,48H,8,10,14-17H2,1H3,(H,45,49)(H,44,47,50). The maximum absolute atomic E-state index is 13.9. The number of aromatic hydroxyl groups is 1. The van der Waals surface area contributed by atoms with Gasteiger partial charge in [0, 0.05) is 41.2 Å². The van der Waals surface area contributed by atoms with Crippen LogP contribution in [0.15, 0.2) is 60.8 Å². The minimum atomic E-state index is -3.83. The van der Waals surface area contributed by atoms with Gasteiger partial charge in [0.25, 0.3) is 11.8 Å². The third kappa shape index (κ3) is 5.39. The summed E-state index contributed by atoms with van der Waals surface area (Å²) in [5.74, 6) is -3.38. The number of nitrogens with one attached hydrogen (secondary N) is 3. The van der Waals surface area contributed by atoms with Crippen LogP contribution in [0, 0.1) is 18.3 Å². The molecular weight excluding hydrogens is 704 g/mol. The largest absolute Gasteiger partial charge is 0.586 e. The third-order valence-corrected chi connectivity index (χ3v) is 11.4. The van der Waals surface area contributed by atoms with Gasteiger partial charge in [-0.15, -0.1) is 8.78 Å². The molecule has 2 atom stereocenters. The van der Waals surface area contributed by atoms with E-state index in [0.29, 0.717) is 35.2 Å². The smallest absolute Gasteiger partial charge is 0.505 e. The van der Waals surface area contributed by atoms with Gasteiger partial charge in [-0.25, -0.2) is 0 Å². The first kappa shape index (κ1) is 33.7. The Hall–Kier alpha value is -6.12. The van der Waals surface area contributed by atoms with Crippen LogP contribution in [0.3, 0.4) is 0 Å². The number of hydrogen-bond acceptors (Lipinski definition) is 10. The number of rotatable bonds is 7. The molecule has 54 heavy (non-hydrogen) atoms. The van der Waals surface area contributed by atoms with Crippen LogP contribution < -0.4 is 25.4 Å². The number of halogens is 2. The van der Waals surface area contributed by atoms with Crippen molar-refractivity contribution in [3.63, 3.8) is 0 Å². The van der Waals surface area contributed by atoms with Crippen molar-refractivity contribution >= 4 is 46.1 Å². The topological polar surface area (TPSA) is 176 Å². The number of carbonyl (C=O) groups excluding carboxylic acids is 5. The van der Waals surface area contributed by atoms with Gasteiger partial charge in [-0.3, -0.25) is 39.2 Å². The number of aryl methyl sites for hydroxylation is 1. The van der Waals surface area contributed by atoms with Gasteiger partial charge in [-0.2, -0.15) is 0 Å². The first-order valence-corrected chi connectivity index (χ1v) is 17.7. The minimum absolute atomic E-state index is 0.0295. The summed E-state index contributed by atoms with van der Waals surface area (Å²) < 4.78 is 37.1. The summed E-state index contributed by atoms with van der Waals surface area (Å²) >= 11 is 0. The lowest BCUT2D eigenvalue weighted by atomic mass is 9.50. The van der Waals surface area contributed by atoms with Crippen LogP contribution in [-0.2, 0) is 14.4 Å². The van der Waals surface area contributed by atoms with Crippen molar-refractivity contribution in [1.82, 2.24) is 20.5 Å². The molecule has 15 heteroatoms. The van der Waals surface area contributed by atoms with E-state index in [-0.39, 0.29) is 64.5 Å². The van der Waals surface area contributed by atoms with E-state index >= 15 is 0 Å². The van der Waals surface area contributed by atoms with E-state index in [1.165, 1.54) is 12.1 Å². The Kier molecular flexibility index (Phi) is 7.46. The number of piperidine rings is 1. The summed E-state index contributed by atoms with van der Waals surface area (Å²) in [6.07, 6.45) is 0.436. The molecule has 9 rings (SSSR count). The fourth-order valence-electron chi connectivity index (χ4n) is 8.84. The third-order valence-electron chi connectivity index (χ3n) is 11.4. The number of alkyl halides is 2. The zero-order chi connectivity index (χ0) is 37.7. The van der Waals surface area contributed by atoms with Crippen LogP contribution in [0.4, 0.5) is 14.5 Å². The number of ether oxygens (including phenoxy) is 2. The molecule has 2 saturated carbocycles. The zero-order valence-electron chi connectivity index (χ0n) is 28.8. The molecule has 2 aliphatic carbocycles. The minimum Gasteiger partial charge on any atom is -0.505 e. The van der Waals surface area contributed by atoms with E-state index in [4.69, 9.17) is 4.74 Å². The molecule has 1 aromatic heterocycles. The van der Waals surface area contributed by atoms with Crippen molar-refractivity contribution in [2.75, 3.05) is 5.32 Å². The quantitative estimate of drug-likeness (QED) is 0.192. The monoisotopic (exact) mass is 737 g/mol. The van der Waals surface area contributed by atoms with Gasteiger partial charge in [0.15, 0.2) is 11.5 Å². The molecule has 1 saturated heterocycles. The molecule has 4 N–H and O–H groups in total. The molecule has 0 radical (unpaired) electrons. The van der Waals surface area contributed by atoms with Crippen molar-refractivity contribution in [2.45, 2.75) is 69.9 Å². The van der Waals surface area contributed by atoms with Gasteiger partial charge in [-0.1, -0.05) is 18.2 Å². The van der Waals surface area contributed by atoms with Crippen molar-refractivity contribution in [3.05, 3.63) is 88.6 Å². The van der Waals surface area contributed by atoms with Gasteiger partial charge in [0.1, 0.15) is 17.3 Å². The summed E-state index contributed by atoms with van der Waals surface area (Å²) in [5.41, 5.74) is 2.65. The number of phenolic OH excluding ortho intramolecular Hbond substituents is 1. The average Bonchev–Trinajstić information content (AvgIpc) is 3.56. The van der Waals surface area contributed by atoms with Gasteiger partial charge in [0.2, 0.25) is 17.7 Å². The number of anilines is 1. The Morgan fingerprint density at radius 2 is 1.78 bits per heavy atom. The average molecular weight is 738 g/mol. The molecule has 4 aromatic rings. The Bertz CT molecular complexity index is 2340. The molecule has 2 unspecified atom stereocenters. The Morgan fingerprint density at radius 3 is 2.56 bits per heavy atom. The predicted octanol–water partition coefficient (Wildman–Crippen LogP) is 4.85. The van der Waals surface area contributed by atoms with Crippen LogP contribution >= 0.6 is 0 Å². The highest BCUT2D eigenvalue weighted by Crippen LogP contribution is 2.59. The number of pyridine rings is 1. The van der Waals surface area contributed by atoms with Gasteiger partial charge in [0.05, 0.1) is 17.2 Å². The second kappa shape index (κ2) is 11.9. The maximum atomic E-state index is 13.9. The van der Waals surface area contributed by atoms with E-state index in [1.807, 2.05) is 13.0 Å². The number of benzene rings is 3. The summed E-state index contributed by atoms with van der Waals surface area (Å²) in [6.45, 7) is 1.86. The molecule has 3 fully saturated rings. The van der Waals surface area contributed by atoms with Crippen LogP contribution in [0.2, 0.25) is 0 Å². The number of hydrogen-bond donors (Lipinski definition) is 4. The van der Waals surface area contributed by atoms with Crippen LogP contribution in [0.1, 0.15) is 82.0 Å². The molecular formula is C39H33F2N5O8. The van der Waals surface area contributed by atoms with Crippen LogP contribution in [0.25, 0.3) is 10.9 Å². The predicted molar refractivity (Wildman–Crippen MR) is 186 cm³/mol. The molecule has 4 heterocycles. The first-order chi connectivity index (χ1) is 25.8. The van der Waals surface area contributed by atoms with E-state index in [9.17, 15) is 37.9 Å². The van der Waals surface area contributed by atoms with Gasteiger partial charge in [-0.05, 0) is 92.0 Å².